The number of carbonyl (C=O) groups excluding carboxylic acids is 1. The molecule has 2 N–H and O–H groups in total. The number of aliphatic hydroxyl groups is 1. The number of nitrogens with zero attached hydrogens (tertiary/aromatic N) is 1. The summed E-state index contributed by atoms with van der Waals surface area (Å²) in [5.74, 6) is 5.10. The van der Waals surface area contributed by atoms with E-state index in [1.54, 1.807) is 31.2 Å². The minimum Gasteiger partial charge on any atom is -0.438 e. The fraction of sp³-hybridized carbons (Fsp3) is 0.143. The Morgan fingerprint density at radius 3 is 2.95 bits per heavy atom. The van der Waals surface area contributed by atoms with E-state index in [0.29, 0.717) is 16.9 Å². The van der Waals surface area contributed by atoms with Crippen molar-refractivity contribution in [3.63, 3.8) is 0 Å². The van der Waals surface area contributed by atoms with Gasteiger partial charge >= 0.3 is 0 Å². The van der Waals surface area contributed by atoms with E-state index in [2.05, 4.69) is 22.1 Å². The summed E-state index contributed by atoms with van der Waals surface area (Å²) in [5, 5.41) is 11.4. The van der Waals surface area contributed by atoms with Crippen molar-refractivity contribution in [2.24, 2.45) is 0 Å². The van der Waals surface area contributed by atoms with Crippen molar-refractivity contribution in [1.29, 1.82) is 0 Å². The third-order valence-electron chi connectivity index (χ3n) is 2.43. The van der Waals surface area contributed by atoms with E-state index in [4.69, 9.17) is 9.52 Å². The van der Waals surface area contributed by atoms with E-state index < -0.39 is 0 Å². The Labute approximate surface area is 110 Å². The maximum Gasteiger partial charge on any atom is 0.293 e. The van der Waals surface area contributed by atoms with Crippen molar-refractivity contribution in [2.75, 3.05) is 11.9 Å². The number of para-hydroxylation sites is 1. The molecule has 0 aliphatic heterocycles. The molecule has 0 unspecified atom stereocenters. The number of oxazole rings is 1. The highest BCUT2D eigenvalue weighted by Gasteiger charge is 2.14. The molecule has 19 heavy (non-hydrogen) atoms. The standard InChI is InChI=1S/C14H12N2O3/c1-10-13(19-9-15-10)14(18)16-12-7-3-2-5-11(12)6-4-8-17/h2-3,5,7,9,17H,8H2,1H3,(H,16,18). The summed E-state index contributed by atoms with van der Waals surface area (Å²) in [4.78, 5) is 15.8. The van der Waals surface area contributed by atoms with Crippen LogP contribution in [0.5, 0.6) is 0 Å². The molecular weight excluding hydrogens is 244 g/mol. The van der Waals surface area contributed by atoms with Crippen molar-refractivity contribution in [2.45, 2.75) is 6.92 Å². The minimum absolute atomic E-state index is 0.171. The van der Waals surface area contributed by atoms with Gasteiger partial charge in [-0.05, 0) is 19.1 Å². The number of aromatic nitrogens is 1. The van der Waals surface area contributed by atoms with Crippen LogP contribution in [0, 0.1) is 18.8 Å². The van der Waals surface area contributed by atoms with Gasteiger partial charge in [0.05, 0.1) is 11.4 Å². The monoisotopic (exact) mass is 256 g/mol. The third kappa shape index (κ3) is 3.00. The molecule has 1 aromatic heterocycles. The van der Waals surface area contributed by atoms with Crippen molar-refractivity contribution in [1.82, 2.24) is 4.98 Å². The van der Waals surface area contributed by atoms with E-state index in [1.165, 1.54) is 6.39 Å². The van der Waals surface area contributed by atoms with Crippen LogP contribution in [0.3, 0.4) is 0 Å². The number of benzene rings is 1. The van der Waals surface area contributed by atoms with Gasteiger partial charge in [0.1, 0.15) is 6.61 Å². The van der Waals surface area contributed by atoms with Crippen LogP contribution in [0.2, 0.25) is 0 Å². The van der Waals surface area contributed by atoms with Gasteiger partial charge in [-0.3, -0.25) is 4.79 Å². The number of carbonyl (C=O) groups is 1. The molecule has 1 aromatic carbocycles. The summed E-state index contributed by atoms with van der Waals surface area (Å²) in [6.45, 7) is 1.46. The lowest BCUT2D eigenvalue weighted by atomic mass is 10.1. The van der Waals surface area contributed by atoms with E-state index in [-0.39, 0.29) is 18.3 Å². The zero-order valence-corrected chi connectivity index (χ0v) is 10.3. The molecular formula is C14H12N2O3. The van der Waals surface area contributed by atoms with E-state index >= 15 is 0 Å². The second kappa shape index (κ2) is 5.85. The maximum atomic E-state index is 12.0. The smallest absolute Gasteiger partial charge is 0.293 e. The molecule has 0 atom stereocenters. The van der Waals surface area contributed by atoms with Gasteiger partial charge in [-0.1, -0.05) is 24.0 Å². The summed E-state index contributed by atoms with van der Waals surface area (Å²) >= 11 is 0. The van der Waals surface area contributed by atoms with Gasteiger partial charge in [-0.2, -0.15) is 0 Å². The molecule has 1 heterocycles. The quantitative estimate of drug-likeness (QED) is 0.800. The van der Waals surface area contributed by atoms with Gasteiger partial charge in [0.2, 0.25) is 5.76 Å². The topological polar surface area (TPSA) is 75.4 Å². The van der Waals surface area contributed by atoms with Crippen molar-refractivity contribution < 1.29 is 14.3 Å². The zero-order chi connectivity index (χ0) is 13.7. The lowest BCUT2D eigenvalue weighted by Crippen LogP contribution is -2.13. The number of amides is 1. The molecule has 96 valence electrons. The molecule has 0 aliphatic rings. The van der Waals surface area contributed by atoms with Crippen LogP contribution in [-0.2, 0) is 0 Å². The molecule has 1 amide bonds. The molecule has 2 aromatic rings. The molecule has 0 saturated heterocycles. The fourth-order valence-corrected chi connectivity index (χ4v) is 1.53. The summed E-state index contributed by atoms with van der Waals surface area (Å²) in [5.41, 5.74) is 1.71. The average Bonchev–Trinajstić information content (AvgIpc) is 2.84. The maximum absolute atomic E-state index is 12.0. The van der Waals surface area contributed by atoms with Crippen LogP contribution < -0.4 is 5.32 Å². The summed E-state index contributed by atoms with van der Waals surface area (Å²) in [6.07, 6.45) is 1.22. The molecule has 2 rings (SSSR count). The van der Waals surface area contributed by atoms with Crippen LogP contribution in [-0.4, -0.2) is 22.6 Å². The average molecular weight is 256 g/mol. The first kappa shape index (κ1) is 12.9. The second-order valence-electron chi connectivity index (χ2n) is 3.73. The minimum atomic E-state index is -0.381. The Balaban J connectivity index is 2.24. The molecule has 0 radical (unpaired) electrons. The normalized spacial score (nSPS) is 9.58. The molecule has 5 heteroatoms. The molecule has 0 saturated carbocycles. The Bertz CT molecular complexity index is 650. The summed E-state index contributed by atoms with van der Waals surface area (Å²) < 4.78 is 5.02. The largest absolute Gasteiger partial charge is 0.438 e. The Hall–Kier alpha value is -2.58. The Morgan fingerprint density at radius 2 is 2.26 bits per heavy atom. The van der Waals surface area contributed by atoms with Gasteiger partial charge in [-0.15, -0.1) is 0 Å². The highest BCUT2D eigenvalue weighted by Crippen LogP contribution is 2.16. The van der Waals surface area contributed by atoms with Crippen LogP contribution in [0.4, 0.5) is 5.69 Å². The summed E-state index contributed by atoms with van der Waals surface area (Å²) in [6, 6.07) is 7.07. The van der Waals surface area contributed by atoms with E-state index in [9.17, 15) is 4.79 Å². The number of nitrogens with one attached hydrogen (secondary N) is 1. The predicted octanol–water partition coefficient (Wildman–Crippen LogP) is 1.58. The van der Waals surface area contributed by atoms with Crippen LogP contribution in [0.25, 0.3) is 0 Å². The molecule has 0 aliphatic carbocycles. The number of hydrogen-bond acceptors (Lipinski definition) is 4. The Morgan fingerprint density at radius 1 is 1.47 bits per heavy atom. The number of anilines is 1. The van der Waals surface area contributed by atoms with Gasteiger partial charge in [0, 0.05) is 5.56 Å². The van der Waals surface area contributed by atoms with Gasteiger partial charge in [0.15, 0.2) is 6.39 Å². The number of rotatable bonds is 2. The lowest BCUT2D eigenvalue weighted by Gasteiger charge is -2.05. The molecule has 0 spiro atoms. The van der Waals surface area contributed by atoms with Gasteiger partial charge in [0.25, 0.3) is 5.91 Å². The van der Waals surface area contributed by atoms with Gasteiger partial charge < -0.3 is 14.8 Å². The van der Waals surface area contributed by atoms with E-state index in [1.807, 2.05) is 0 Å². The first-order valence-electron chi connectivity index (χ1n) is 5.62. The lowest BCUT2D eigenvalue weighted by molar-refractivity contribution is 0.0996. The second-order valence-corrected chi connectivity index (χ2v) is 3.73. The number of aliphatic hydroxyl groups excluding tert-OH is 1. The van der Waals surface area contributed by atoms with E-state index in [0.717, 1.165) is 0 Å². The third-order valence-corrected chi connectivity index (χ3v) is 2.43. The predicted molar refractivity (Wildman–Crippen MR) is 69.6 cm³/mol. The first-order valence-corrected chi connectivity index (χ1v) is 5.62. The highest BCUT2D eigenvalue weighted by molar-refractivity contribution is 6.03. The van der Waals surface area contributed by atoms with Crippen molar-refractivity contribution >= 4 is 11.6 Å². The molecule has 0 bridgehead atoms. The van der Waals surface area contributed by atoms with Crippen LogP contribution in [0.15, 0.2) is 35.1 Å². The van der Waals surface area contributed by atoms with Crippen molar-refractivity contribution in [3.8, 4) is 11.8 Å². The Kier molecular flexibility index (Phi) is 3.96. The fourth-order valence-electron chi connectivity index (χ4n) is 1.53. The zero-order valence-electron chi connectivity index (χ0n) is 10.3. The number of aryl methyl sites for hydroxylation is 1. The van der Waals surface area contributed by atoms with Crippen LogP contribution >= 0.6 is 0 Å². The van der Waals surface area contributed by atoms with Crippen LogP contribution in [0.1, 0.15) is 21.8 Å². The van der Waals surface area contributed by atoms with Gasteiger partial charge in [-0.25, -0.2) is 4.98 Å². The molecule has 5 nitrogen and oxygen atoms in total. The van der Waals surface area contributed by atoms with Crippen molar-refractivity contribution in [3.05, 3.63) is 47.7 Å². The summed E-state index contributed by atoms with van der Waals surface area (Å²) in [7, 11) is 0. The first-order chi connectivity index (χ1) is 9.22. The SMILES string of the molecule is Cc1ncoc1C(=O)Nc1ccccc1C#CCO. The number of hydrogen-bond donors (Lipinski definition) is 2. The molecule has 0 fully saturated rings. The highest BCUT2D eigenvalue weighted by atomic mass is 16.3.